The molecule has 2 N–H and O–H groups in total. The maximum Gasteiger partial charge on any atom is 0.257 e. The Hall–Kier alpha value is -1.49. The second-order valence-electron chi connectivity index (χ2n) is 5.41. The molecular weight excluding hydrogens is 252 g/mol. The quantitative estimate of drug-likeness (QED) is 0.835. The lowest BCUT2D eigenvalue weighted by Crippen LogP contribution is -2.41. The van der Waals surface area contributed by atoms with Gasteiger partial charge in [-0.3, -0.25) is 4.79 Å². The van der Waals surface area contributed by atoms with E-state index in [9.17, 15) is 4.79 Å². The molecule has 0 spiro atoms. The first-order valence-corrected chi connectivity index (χ1v) is 7.59. The summed E-state index contributed by atoms with van der Waals surface area (Å²) in [5, 5.41) is 0. The highest BCUT2D eigenvalue weighted by molar-refractivity contribution is 5.93. The van der Waals surface area contributed by atoms with Gasteiger partial charge in [-0.25, -0.2) is 9.97 Å². The average molecular weight is 276 g/mol. The first-order chi connectivity index (χ1) is 9.83. The van der Waals surface area contributed by atoms with E-state index >= 15 is 0 Å². The predicted octanol–water partition coefficient (Wildman–Crippen LogP) is 1.99. The summed E-state index contributed by atoms with van der Waals surface area (Å²) in [7, 11) is 0. The van der Waals surface area contributed by atoms with E-state index in [0.29, 0.717) is 18.2 Å². The topological polar surface area (TPSA) is 72.1 Å². The fourth-order valence-corrected chi connectivity index (χ4v) is 2.86. The molecule has 1 fully saturated rings. The molecule has 110 valence electrons. The summed E-state index contributed by atoms with van der Waals surface area (Å²) >= 11 is 0. The Morgan fingerprint density at radius 2 is 1.85 bits per heavy atom. The first-order valence-electron chi connectivity index (χ1n) is 7.59. The molecule has 0 aliphatic heterocycles. The maximum absolute atomic E-state index is 12.7. The van der Waals surface area contributed by atoms with Crippen LogP contribution in [0.3, 0.4) is 0 Å². The standard InChI is InChI=1S/C15H24N4O/c16-8-5-9-19(14-6-3-1-2-4-7-14)15(20)13-10-17-12-18-11-13/h10-12,14H,1-9,16H2. The van der Waals surface area contributed by atoms with Crippen molar-refractivity contribution in [1.29, 1.82) is 0 Å². The highest BCUT2D eigenvalue weighted by Crippen LogP contribution is 2.23. The number of nitrogens with zero attached hydrogens (tertiary/aromatic N) is 3. The van der Waals surface area contributed by atoms with Crippen LogP contribution in [0.15, 0.2) is 18.7 Å². The third kappa shape index (κ3) is 4.00. The zero-order valence-corrected chi connectivity index (χ0v) is 12.0. The highest BCUT2D eigenvalue weighted by Gasteiger charge is 2.25. The minimum Gasteiger partial charge on any atom is -0.336 e. The Kier molecular flexibility index (Phi) is 5.92. The summed E-state index contributed by atoms with van der Waals surface area (Å²) in [6, 6.07) is 0.344. The minimum absolute atomic E-state index is 0.0472. The van der Waals surface area contributed by atoms with Gasteiger partial charge in [0.15, 0.2) is 0 Å². The maximum atomic E-state index is 12.7. The number of rotatable bonds is 5. The molecule has 0 bridgehead atoms. The fourth-order valence-electron chi connectivity index (χ4n) is 2.86. The Morgan fingerprint density at radius 3 is 2.45 bits per heavy atom. The number of carbonyl (C=O) groups excluding carboxylic acids is 1. The van der Waals surface area contributed by atoms with Crippen LogP contribution in [0.25, 0.3) is 0 Å². The van der Waals surface area contributed by atoms with E-state index in [1.807, 2.05) is 4.90 Å². The summed E-state index contributed by atoms with van der Waals surface area (Å²) < 4.78 is 0. The molecule has 5 nitrogen and oxygen atoms in total. The molecule has 0 saturated heterocycles. The smallest absolute Gasteiger partial charge is 0.257 e. The third-order valence-electron chi connectivity index (χ3n) is 3.94. The second kappa shape index (κ2) is 7.94. The average Bonchev–Trinajstić information content (AvgIpc) is 2.77. The van der Waals surface area contributed by atoms with Crippen LogP contribution in [0.2, 0.25) is 0 Å². The van der Waals surface area contributed by atoms with E-state index < -0.39 is 0 Å². The summed E-state index contributed by atoms with van der Waals surface area (Å²) in [6.07, 6.45) is 12.7. The molecule has 1 aromatic rings. The summed E-state index contributed by atoms with van der Waals surface area (Å²) in [6.45, 7) is 1.34. The molecule has 20 heavy (non-hydrogen) atoms. The van der Waals surface area contributed by atoms with Crippen LogP contribution in [0.4, 0.5) is 0 Å². The second-order valence-corrected chi connectivity index (χ2v) is 5.41. The normalized spacial score (nSPS) is 16.6. The van der Waals surface area contributed by atoms with Crippen LogP contribution in [0, 0.1) is 0 Å². The van der Waals surface area contributed by atoms with E-state index in [2.05, 4.69) is 9.97 Å². The van der Waals surface area contributed by atoms with Gasteiger partial charge in [0, 0.05) is 25.0 Å². The first kappa shape index (κ1) is 14.9. The van der Waals surface area contributed by atoms with E-state index in [0.717, 1.165) is 25.8 Å². The zero-order valence-electron chi connectivity index (χ0n) is 12.0. The summed E-state index contributed by atoms with van der Waals surface area (Å²) in [5.74, 6) is 0.0472. The Labute approximate surface area is 120 Å². The van der Waals surface area contributed by atoms with Crippen molar-refractivity contribution < 1.29 is 4.79 Å². The van der Waals surface area contributed by atoms with Gasteiger partial charge in [-0.15, -0.1) is 0 Å². The van der Waals surface area contributed by atoms with Gasteiger partial charge in [0.2, 0.25) is 0 Å². The molecule has 1 amide bonds. The van der Waals surface area contributed by atoms with E-state index in [-0.39, 0.29) is 5.91 Å². The minimum atomic E-state index is 0.0472. The van der Waals surface area contributed by atoms with Crippen LogP contribution in [0.5, 0.6) is 0 Å². The van der Waals surface area contributed by atoms with Crippen molar-refractivity contribution in [2.24, 2.45) is 5.73 Å². The molecule has 0 radical (unpaired) electrons. The SMILES string of the molecule is NCCCN(C(=O)c1cncnc1)C1CCCCCC1. The number of hydrogen-bond donors (Lipinski definition) is 1. The molecule has 0 aromatic carbocycles. The summed E-state index contributed by atoms with van der Waals surface area (Å²) in [4.78, 5) is 22.6. The number of carbonyl (C=O) groups is 1. The number of amides is 1. The van der Waals surface area contributed by atoms with Gasteiger partial charge in [-0.2, -0.15) is 0 Å². The van der Waals surface area contributed by atoms with Crippen molar-refractivity contribution in [3.05, 3.63) is 24.3 Å². The van der Waals surface area contributed by atoms with E-state index in [1.54, 1.807) is 12.4 Å². The molecule has 1 aromatic heterocycles. The van der Waals surface area contributed by atoms with Gasteiger partial charge in [0.25, 0.3) is 5.91 Å². The van der Waals surface area contributed by atoms with Crippen LogP contribution in [-0.4, -0.2) is 39.9 Å². The number of hydrogen-bond acceptors (Lipinski definition) is 4. The van der Waals surface area contributed by atoms with Crippen molar-refractivity contribution in [1.82, 2.24) is 14.9 Å². The van der Waals surface area contributed by atoms with Crippen LogP contribution in [0.1, 0.15) is 55.3 Å². The van der Waals surface area contributed by atoms with Gasteiger partial charge in [0.1, 0.15) is 6.33 Å². The van der Waals surface area contributed by atoms with Gasteiger partial charge >= 0.3 is 0 Å². The van der Waals surface area contributed by atoms with Crippen molar-refractivity contribution in [3.8, 4) is 0 Å². The van der Waals surface area contributed by atoms with Crippen LogP contribution in [-0.2, 0) is 0 Å². The number of aromatic nitrogens is 2. The highest BCUT2D eigenvalue weighted by atomic mass is 16.2. The van der Waals surface area contributed by atoms with Crippen molar-refractivity contribution in [2.45, 2.75) is 51.0 Å². The molecule has 2 rings (SSSR count). The van der Waals surface area contributed by atoms with Gasteiger partial charge < -0.3 is 10.6 Å². The van der Waals surface area contributed by atoms with Crippen LogP contribution < -0.4 is 5.73 Å². The lowest BCUT2D eigenvalue weighted by Gasteiger charge is -2.31. The molecule has 1 aliphatic carbocycles. The van der Waals surface area contributed by atoms with Gasteiger partial charge in [-0.1, -0.05) is 25.7 Å². The fraction of sp³-hybridized carbons (Fsp3) is 0.667. The summed E-state index contributed by atoms with van der Waals surface area (Å²) in [5.41, 5.74) is 6.19. The van der Waals surface area contributed by atoms with E-state index in [1.165, 1.54) is 32.0 Å². The van der Waals surface area contributed by atoms with Crippen molar-refractivity contribution in [3.63, 3.8) is 0 Å². The molecule has 1 heterocycles. The molecule has 0 unspecified atom stereocenters. The van der Waals surface area contributed by atoms with Gasteiger partial charge in [0.05, 0.1) is 5.56 Å². The molecule has 1 aliphatic rings. The zero-order chi connectivity index (χ0) is 14.2. The Morgan fingerprint density at radius 1 is 1.20 bits per heavy atom. The Bertz CT molecular complexity index is 402. The third-order valence-corrected chi connectivity index (χ3v) is 3.94. The van der Waals surface area contributed by atoms with Gasteiger partial charge in [-0.05, 0) is 25.8 Å². The molecule has 0 atom stereocenters. The largest absolute Gasteiger partial charge is 0.336 e. The van der Waals surface area contributed by atoms with Crippen LogP contribution >= 0.6 is 0 Å². The lowest BCUT2D eigenvalue weighted by atomic mass is 10.1. The predicted molar refractivity (Wildman–Crippen MR) is 78.2 cm³/mol. The van der Waals surface area contributed by atoms with Crippen molar-refractivity contribution >= 4 is 5.91 Å². The lowest BCUT2D eigenvalue weighted by molar-refractivity contribution is 0.0658. The molecule has 5 heteroatoms. The number of nitrogens with two attached hydrogens (primary N) is 1. The Balaban J connectivity index is 2.11. The molecule has 1 saturated carbocycles. The molecular formula is C15H24N4O. The van der Waals surface area contributed by atoms with E-state index in [4.69, 9.17) is 5.73 Å². The monoisotopic (exact) mass is 276 g/mol. The van der Waals surface area contributed by atoms with Crippen molar-refractivity contribution in [2.75, 3.05) is 13.1 Å².